The third-order valence-electron chi connectivity index (χ3n) is 26.4. The van der Waals surface area contributed by atoms with Crippen molar-refractivity contribution < 1.29 is 91.7 Å². The second-order valence-corrected chi connectivity index (χ2v) is 37.9. The van der Waals surface area contributed by atoms with Crippen molar-refractivity contribution in [2.45, 2.75) is 317 Å². The van der Waals surface area contributed by atoms with Crippen molar-refractivity contribution in [1.82, 2.24) is 114 Å². The molecule has 56 nitrogen and oxygen atoms in total. The van der Waals surface area contributed by atoms with Crippen molar-refractivity contribution in [2.24, 2.45) is 57.7 Å². The first-order valence-electron chi connectivity index (χ1n) is 50.1. The second kappa shape index (κ2) is 60.4. The van der Waals surface area contributed by atoms with E-state index in [9.17, 15) is 63.0 Å². The number of nitrogens with two attached hydrogens (primary N) is 8. The quantitative estimate of drug-likeness (QED) is 0.0153. The second-order valence-electron chi connectivity index (χ2n) is 37.9. The van der Waals surface area contributed by atoms with Gasteiger partial charge in [-0.2, -0.15) is 0 Å². The summed E-state index contributed by atoms with van der Waals surface area (Å²) in [5, 5.41) is 117. The minimum Gasteiger partial charge on any atom is -0.481 e. The van der Waals surface area contributed by atoms with Gasteiger partial charge in [0.1, 0.15) is 90.6 Å². The van der Waals surface area contributed by atoms with Crippen LogP contribution >= 0.6 is 0 Å². The maximum atomic E-state index is 15.3. The van der Waals surface area contributed by atoms with Crippen LogP contribution < -0.4 is 131 Å². The topological polar surface area (TPSA) is 918 Å². The highest BCUT2D eigenvalue weighted by Gasteiger charge is 2.49. The first kappa shape index (κ1) is 120. The number of hydrogen-bond donors (Lipinski definition) is 33. The first-order valence-corrected chi connectivity index (χ1v) is 50.1. The molecular formula is C89H157N37O19. The summed E-state index contributed by atoms with van der Waals surface area (Å²) in [5.74, 6) is -17.6. The summed E-state index contributed by atoms with van der Waals surface area (Å²) in [6, 6.07) is -21.0. The largest absolute Gasteiger partial charge is 0.481 e. The lowest BCUT2D eigenvalue weighted by Gasteiger charge is -2.34. The van der Waals surface area contributed by atoms with E-state index in [2.05, 4.69) is 85.1 Å². The molecule has 812 valence electrons. The lowest BCUT2D eigenvalue weighted by molar-refractivity contribution is -0.149. The van der Waals surface area contributed by atoms with Crippen molar-refractivity contribution in [3.63, 3.8) is 0 Å². The van der Waals surface area contributed by atoms with Gasteiger partial charge in [-0.25, -0.2) is 4.79 Å². The fraction of sp³-hybridized carbons (Fsp3) is 0.730. The molecule has 0 spiro atoms. The zero-order chi connectivity index (χ0) is 107. The Morgan fingerprint density at radius 2 is 0.552 bits per heavy atom. The van der Waals surface area contributed by atoms with Crippen LogP contribution in [0.4, 0.5) is 0 Å². The minimum absolute atomic E-state index is 0.00121. The number of rotatable bonds is 60. The van der Waals surface area contributed by atoms with E-state index in [4.69, 9.17) is 83.7 Å². The van der Waals surface area contributed by atoms with E-state index in [0.29, 0.717) is 19.3 Å². The number of nitrogens with zero attached hydrogens (tertiary/aromatic N) is 6. The molecule has 0 unspecified atom stereocenters. The summed E-state index contributed by atoms with van der Waals surface area (Å²) in [6.07, 6.45) is 2.30. The van der Waals surface area contributed by atoms with Gasteiger partial charge >= 0.3 is 11.9 Å². The third-order valence-corrected chi connectivity index (χ3v) is 26.4. The SMILES string of the molecule is CC[C@H](C)[C@H](NC(=O)[C@H](CCCNC(=N)N)NC(=O)[C@@H](N)CCCNC(=N)N)C(=O)N[C@@H](CCC(=O)O)C(=O)N1CCC[C@H]1C(=O)N[C@@H](CCCNC(=N)N)C(=O)N1CCC[C@H]1C(=O)N1CCC[C@H]1C(=O)N[C@@H](CCCNC(=N)N)C(=O)N[C@@H](CC(C)C)C(=O)N1CCC[C@H]1C(=O)N[C@@H](CCCNC(=N)N)C(=O)N1CCC[C@H]1C(=O)N[C@@H](CCCNC(=N)N)C(=O)N1CCC[C@H]1C(=O)N[C@@H](CCCNC(=N)N)C(=O)O. The van der Waals surface area contributed by atoms with E-state index in [1.54, 1.807) is 27.7 Å². The molecule has 17 atom stereocenters. The molecule has 0 aromatic carbocycles. The van der Waals surface area contributed by atoms with Crippen LogP contribution in [-0.2, 0) is 81.5 Å². The highest BCUT2D eigenvalue weighted by Crippen LogP contribution is 2.31. The highest BCUT2D eigenvalue weighted by atomic mass is 16.4. The number of carboxylic acid groups (broad SMARTS) is 2. The minimum atomic E-state index is -1.61. The van der Waals surface area contributed by atoms with Crippen molar-refractivity contribution in [2.75, 3.05) is 85.1 Å². The maximum Gasteiger partial charge on any atom is 0.326 e. The van der Waals surface area contributed by atoms with E-state index in [0.717, 1.165) is 4.90 Å². The van der Waals surface area contributed by atoms with E-state index in [1.807, 2.05) is 0 Å². The van der Waals surface area contributed by atoms with Crippen LogP contribution in [0.3, 0.4) is 0 Å². The zero-order valence-corrected chi connectivity index (χ0v) is 83.4. The Bertz CT molecular complexity index is 4550. The van der Waals surface area contributed by atoms with Gasteiger partial charge in [0.05, 0.1) is 6.04 Å². The Morgan fingerprint density at radius 3 is 0.869 bits per heavy atom. The van der Waals surface area contributed by atoms with Crippen LogP contribution in [-0.4, -0.2) is 364 Å². The molecule has 6 saturated heterocycles. The Balaban J connectivity index is 1.18. The monoisotopic (exact) mass is 2050 g/mol. The number of nitrogens with one attached hydrogen (secondary N) is 23. The van der Waals surface area contributed by atoms with E-state index < -0.39 is 228 Å². The Hall–Kier alpha value is -14.2. The van der Waals surface area contributed by atoms with Gasteiger partial charge < -0.3 is 171 Å². The molecule has 6 aliphatic heterocycles. The highest BCUT2D eigenvalue weighted by molar-refractivity contribution is 6.02. The van der Waals surface area contributed by atoms with E-state index >= 15 is 28.8 Å². The molecule has 6 aliphatic rings. The lowest BCUT2D eigenvalue weighted by atomic mass is 9.96. The molecule has 56 heteroatoms. The van der Waals surface area contributed by atoms with Crippen LogP contribution in [0.5, 0.6) is 0 Å². The lowest BCUT2D eigenvalue weighted by Crippen LogP contribution is -2.61. The molecule has 0 saturated carbocycles. The summed E-state index contributed by atoms with van der Waals surface area (Å²) in [6.45, 7) is 7.70. The Labute approximate surface area is 842 Å². The average Bonchev–Trinajstić information content (AvgIpc) is 1.66. The fourth-order valence-electron chi connectivity index (χ4n) is 18.7. The number of hydrogen-bond acceptors (Lipinski definition) is 25. The van der Waals surface area contributed by atoms with Crippen LogP contribution in [0.25, 0.3) is 0 Å². The molecule has 0 aliphatic carbocycles. The molecule has 6 fully saturated rings. The van der Waals surface area contributed by atoms with Gasteiger partial charge in [-0.15, -0.1) is 0 Å². The van der Waals surface area contributed by atoms with Gasteiger partial charge in [-0.3, -0.25) is 115 Å². The fourth-order valence-corrected chi connectivity index (χ4v) is 18.7. The molecule has 0 aromatic heterocycles. The number of carbonyl (C=O) groups excluding carboxylic acids is 15. The molecule has 145 heavy (non-hydrogen) atoms. The molecule has 0 aromatic rings. The standard InChI is InChI=1S/C89H157N37O19/c1-5-49(4)66(120-69(131)52(21-8-36-107-85(95)96)112-67(129)50(90)19-6-34-105-83(91)92)75(137)117-56(32-33-65(127)128)79(141)123-43-14-27-60(123)72(134)116-55(24-11-39-110-88(101)102)78(140)126-46-18-31-64(126)81(143)125-45-17-30-63(125)70(132)113-51(20-7-35-106-84(93)94)68(130)119-58(47-48(2)3)80(142)124-44-16-28-61(124)73(135)115-53(22-9-37-108-86(97)98)76(138)121-41-13-26-59(121)71(133)114-54(23-10-38-109-87(99)100)77(139)122-42-15-29-62(122)74(136)118-57(82(144)145)25-12-40-111-89(103)104/h48-64,66H,5-47,90H2,1-4H3,(H,112,129)(H,113,132)(H,114,133)(H,115,135)(H,116,134)(H,117,137)(H,118,136)(H,119,130)(H,120,131)(H,127,128)(H,144,145)(H4,91,92,105)(H4,93,94,106)(H4,95,96,107)(H4,97,98,108)(H4,99,100,109)(H4,101,102,110)(H4,103,104,111)/t49-,50-,51-,52-,53-,54-,55-,56-,57-,58-,59-,60-,61-,62-,63-,64-,66-/m0/s1. The van der Waals surface area contributed by atoms with Gasteiger partial charge in [-0.05, 0) is 192 Å². The van der Waals surface area contributed by atoms with Crippen molar-refractivity contribution in [3.05, 3.63) is 0 Å². The third kappa shape index (κ3) is 38.8. The molecule has 6 heterocycles. The van der Waals surface area contributed by atoms with Crippen LogP contribution in [0.1, 0.15) is 220 Å². The predicted molar refractivity (Wildman–Crippen MR) is 531 cm³/mol. The summed E-state index contributed by atoms with van der Waals surface area (Å²) in [5.41, 5.74) is 44.9. The summed E-state index contributed by atoms with van der Waals surface area (Å²) >= 11 is 0. The Kier molecular flexibility index (Phi) is 49.8. The number of likely N-dealkylation sites (tertiary alicyclic amines) is 6. The smallest absolute Gasteiger partial charge is 0.326 e. The van der Waals surface area contributed by atoms with Gasteiger partial charge in [0.2, 0.25) is 88.6 Å². The summed E-state index contributed by atoms with van der Waals surface area (Å²) in [7, 11) is 0. The molecule has 6 rings (SSSR count). The number of carboxylic acids is 2. The normalized spacial score (nSPS) is 19.7. The molecular weight excluding hydrogens is 1890 g/mol. The van der Waals surface area contributed by atoms with Crippen LogP contribution in [0.15, 0.2) is 0 Å². The molecule has 15 amide bonds. The molecule has 0 bridgehead atoms. The first-order chi connectivity index (χ1) is 68.7. The van der Waals surface area contributed by atoms with Crippen molar-refractivity contribution in [1.29, 1.82) is 37.9 Å². The van der Waals surface area contributed by atoms with Crippen molar-refractivity contribution in [3.8, 4) is 0 Å². The molecule has 41 N–H and O–H groups in total. The van der Waals surface area contributed by atoms with E-state index in [-0.39, 0.29) is 281 Å². The van der Waals surface area contributed by atoms with Gasteiger partial charge in [0, 0.05) is 91.5 Å². The van der Waals surface area contributed by atoms with Crippen molar-refractivity contribution >= 4 is 142 Å². The number of aliphatic carboxylic acids is 2. The van der Waals surface area contributed by atoms with Crippen LogP contribution in [0, 0.1) is 49.7 Å². The summed E-state index contributed by atoms with van der Waals surface area (Å²) < 4.78 is 0. The van der Waals surface area contributed by atoms with Gasteiger partial charge in [0.25, 0.3) is 0 Å². The predicted octanol–water partition coefficient (Wildman–Crippen LogP) is -8.49. The maximum absolute atomic E-state index is 15.3. The van der Waals surface area contributed by atoms with E-state index in [1.165, 1.54) is 24.5 Å². The zero-order valence-electron chi connectivity index (χ0n) is 83.4. The average molecular weight is 2050 g/mol. The number of amides is 15. The summed E-state index contributed by atoms with van der Waals surface area (Å²) in [4.78, 5) is 254. The van der Waals surface area contributed by atoms with Crippen LogP contribution in [0.2, 0.25) is 0 Å². The van der Waals surface area contributed by atoms with Gasteiger partial charge in [0.15, 0.2) is 41.7 Å². The number of carbonyl (C=O) groups is 17. The van der Waals surface area contributed by atoms with Gasteiger partial charge in [-0.1, -0.05) is 34.1 Å². The number of guanidine groups is 7. The molecule has 0 radical (unpaired) electrons. The Morgan fingerprint density at radius 1 is 0.303 bits per heavy atom.